The first-order valence-electron chi connectivity index (χ1n) is 7.56. The molecule has 0 atom stereocenters. The minimum absolute atomic E-state index is 0.312. The number of alkyl halides is 3. The number of rotatable bonds is 3. The van der Waals surface area contributed by atoms with Crippen molar-refractivity contribution in [2.24, 2.45) is 7.05 Å². The third-order valence-corrected chi connectivity index (χ3v) is 4.21. The van der Waals surface area contributed by atoms with Crippen molar-refractivity contribution in [2.75, 3.05) is 5.32 Å². The molecule has 0 unspecified atom stereocenters. The first-order valence-corrected chi connectivity index (χ1v) is 7.94. The normalized spacial score (nSPS) is 12.0. The molecule has 4 rings (SSSR count). The molecule has 0 radical (unpaired) electrons. The number of H-pyrrole nitrogens is 1. The third-order valence-electron chi connectivity index (χ3n) is 3.98. The van der Waals surface area contributed by atoms with Gasteiger partial charge in [0.25, 0.3) is 0 Å². The van der Waals surface area contributed by atoms with Gasteiger partial charge in [-0.15, -0.1) is 13.2 Å². The van der Waals surface area contributed by atoms with E-state index in [1.165, 1.54) is 18.2 Å². The zero-order chi connectivity index (χ0) is 18.5. The van der Waals surface area contributed by atoms with Crippen LogP contribution < -0.4 is 10.1 Å². The minimum Gasteiger partial charge on any atom is -0.406 e. The molecule has 0 spiro atoms. The fourth-order valence-electron chi connectivity index (χ4n) is 2.81. The van der Waals surface area contributed by atoms with E-state index in [0.29, 0.717) is 22.0 Å². The van der Waals surface area contributed by atoms with Crippen LogP contribution in [0.1, 0.15) is 0 Å². The number of nitrogens with one attached hydrogen (secondary N) is 2. The molecule has 0 saturated carbocycles. The van der Waals surface area contributed by atoms with Crippen LogP contribution in [0.4, 0.5) is 24.8 Å². The van der Waals surface area contributed by atoms with Crippen LogP contribution in [-0.2, 0) is 7.05 Å². The van der Waals surface area contributed by atoms with Crippen LogP contribution in [0.5, 0.6) is 5.75 Å². The Balaban J connectivity index is 1.72. The molecule has 26 heavy (non-hydrogen) atoms. The standard InChI is InChI=1S/C17H12ClF3N4O/c1-25-15-5-3-10(26-17(19,20)21)7-13(15)23-16(25)24-14-8-22-12-4-2-9(18)6-11(12)14/h2-8,22H,1H3,(H,23,24). The second-order valence-electron chi connectivity index (χ2n) is 5.71. The number of halogens is 4. The molecule has 134 valence electrons. The number of aromatic nitrogens is 3. The lowest BCUT2D eigenvalue weighted by molar-refractivity contribution is -0.274. The molecule has 0 aliphatic heterocycles. The van der Waals surface area contributed by atoms with Crippen LogP contribution in [0.15, 0.2) is 42.6 Å². The van der Waals surface area contributed by atoms with E-state index in [2.05, 4.69) is 20.0 Å². The molecular formula is C17H12ClF3N4O. The van der Waals surface area contributed by atoms with Gasteiger partial charge in [0.2, 0.25) is 5.95 Å². The highest BCUT2D eigenvalue weighted by Crippen LogP contribution is 2.31. The van der Waals surface area contributed by atoms with Gasteiger partial charge < -0.3 is 19.6 Å². The molecule has 2 aromatic carbocycles. The topological polar surface area (TPSA) is 54.9 Å². The number of imidazole rings is 1. The highest BCUT2D eigenvalue weighted by Gasteiger charge is 2.31. The maximum atomic E-state index is 12.4. The number of aryl methyl sites for hydroxylation is 1. The molecule has 4 aromatic rings. The molecule has 0 amide bonds. The lowest BCUT2D eigenvalue weighted by Gasteiger charge is -2.08. The van der Waals surface area contributed by atoms with Gasteiger partial charge in [0.15, 0.2) is 0 Å². The van der Waals surface area contributed by atoms with Crippen LogP contribution in [0.2, 0.25) is 5.02 Å². The maximum Gasteiger partial charge on any atom is 0.573 e. The Morgan fingerprint density at radius 3 is 2.77 bits per heavy atom. The third kappa shape index (κ3) is 3.03. The lowest BCUT2D eigenvalue weighted by atomic mass is 10.2. The predicted molar refractivity (Wildman–Crippen MR) is 94.0 cm³/mol. The molecule has 0 fully saturated rings. The summed E-state index contributed by atoms with van der Waals surface area (Å²) in [6, 6.07) is 9.49. The van der Waals surface area contributed by atoms with E-state index in [0.717, 1.165) is 16.6 Å². The molecule has 9 heteroatoms. The van der Waals surface area contributed by atoms with Crippen molar-refractivity contribution < 1.29 is 17.9 Å². The molecule has 0 saturated heterocycles. The summed E-state index contributed by atoms with van der Waals surface area (Å²) < 4.78 is 42.8. The Bertz CT molecular complexity index is 1120. The Kier molecular flexibility index (Phi) is 3.73. The van der Waals surface area contributed by atoms with Crippen LogP contribution in [0, 0.1) is 0 Å². The number of anilines is 2. The Hall–Kier alpha value is -2.87. The summed E-state index contributed by atoms with van der Waals surface area (Å²) in [5.74, 6) is 0.165. The Labute approximate surface area is 150 Å². The molecule has 2 N–H and O–H groups in total. The number of nitrogens with zero attached hydrogens (tertiary/aromatic N) is 2. The molecular weight excluding hydrogens is 369 g/mol. The molecule has 5 nitrogen and oxygen atoms in total. The Morgan fingerprint density at radius 2 is 2.00 bits per heavy atom. The van der Waals surface area contributed by atoms with Gasteiger partial charge in [-0.3, -0.25) is 0 Å². The summed E-state index contributed by atoms with van der Waals surface area (Å²) in [6.07, 6.45) is -2.97. The molecule has 2 heterocycles. The van der Waals surface area contributed by atoms with Crippen molar-refractivity contribution in [1.29, 1.82) is 0 Å². The smallest absolute Gasteiger partial charge is 0.406 e. The van der Waals surface area contributed by atoms with Gasteiger partial charge in [0.1, 0.15) is 5.75 Å². The van der Waals surface area contributed by atoms with Crippen molar-refractivity contribution in [3.8, 4) is 5.75 Å². The first-order chi connectivity index (χ1) is 12.3. The van der Waals surface area contributed by atoms with Gasteiger partial charge >= 0.3 is 6.36 Å². The van der Waals surface area contributed by atoms with Crippen molar-refractivity contribution in [3.05, 3.63) is 47.6 Å². The zero-order valence-corrected chi connectivity index (χ0v) is 14.1. The number of hydrogen-bond donors (Lipinski definition) is 2. The quantitative estimate of drug-likeness (QED) is 0.503. The summed E-state index contributed by atoms with van der Waals surface area (Å²) >= 11 is 6.05. The number of benzene rings is 2. The molecule has 0 aliphatic carbocycles. The second kappa shape index (κ2) is 5.84. The van der Waals surface area contributed by atoms with E-state index < -0.39 is 6.36 Å². The fraction of sp³-hybridized carbons (Fsp3) is 0.118. The van der Waals surface area contributed by atoms with Gasteiger partial charge in [0, 0.05) is 35.2 Å². The molecule has 0 aliphatic rings. The van der Waals surface area contributed by atoms with E-state index in [-0.39, 0.29) is 5.75 Å². The average molecular weight is 381 g/mol. The lowest BCUT2D eigenvalue weighted by Crippen LogP contribution is -2.16. The van der Waals surface area contributed by atoms with Gasteiger partial charge in [-0.25, -0.2) is 4.98 Å². The summed E-state index contributed by atoms with van der Waals surface area (Å²) in [5.41, 5.74) is 2.71. The van der Waals surface area contributed by atoms with Crippen molar-refractivity contribution in [3.63, 3.8) is 0 Å². The SMILES string of the molecule is Cn1c(Nc2c[nH]c3ccc(Cl)cc23)nc2cc(OC(F)(F)F)ccc21. The Morgan fingerprint density at radius 1 is 1.19 bits per heavy atom. The second-order valence-corrected chi connectivity index (χ2v) is 6.15. The van der Waals surface area contributed by atoms with E-state index in [1.54, 1.807) is 23.9 Å². The average Bonchev–Trinajstić information content (AvgIpc) is 3.08. The highest BCUT2D eigenvalue weighted by atomic mass is 35.5. The van der Waals surface area contributed by atoms with Crippen molar-refractivity contribution in [1.82, 2.24) is 14.5 Å². The largest absolute Gasteiger partial charge is 0.573 e. The number of hydrogen-bond acceptors (Lipinski definition) is 3. The summed E-state index contributed by atoms with van der Waals surface area (Å²) in [6.45, 7) is 0. The minimum atomic E-state index is -4.74. The van der Waals surface area contributed by atoms with E-state index in [9.17, 15) is 13.2 Å². The van der Waals surface area contributed by atoms with Crippen LogP contribution in [-0.4, -0.2) is 20.9 Å². The van der Waals surface area contributed by atoms with Crippen molar-refractivity contribution >= 4 is 45.2 Å². The van der Waals surface area contributed by atoms with Gasteiger partial charge in [-0.2, -0.15) is 0 Å². The fourth-order valence-corrected chi connectivity index (χ4v) is 2.98. The van der Waals surface area contributed by atoms with Crippen LogP contribution in [0.25, 0.3) is 21.9 Å². The summed E-state index contributed by atoms with van der Waals surface area (Å²) in [4.78, 5) is 7.49. The number of aromatic amines is 1. The van der Waals surface area contributed by atoms with Crippen molar-refractivity contribution in [2.45, 2.75) is 6.36 Å². The van der Waals surface area contributed by atoms with Gasteiger partial charge in [0.05, 0.1) is 16.7 Å². The maximum absolute atomic E-state index is 12.4. The highest BCUT2D eigenvalue weighted by molar-refractivity contribution is 6.31. The van der Waals surface area contributed by atoms with Crippen LogP contribution >= 0.6 is 11.6 Å². The van der Waals surface area contributed by atoms with Crippen LogP contribution in [0.3, 0.4) is 0 Å². The van der Waals surface area contributed by atoms with E-state index >= 15 is 0 Å². The molecule has 0 bridgehead atoms. The monoisotopic (exact) mass is 380 g/mol. The predicted octanol–water partition coefficient (Wildman–Crippen LogP) is 5.35. The number of ether oxygens (including phenoxy) is 1. The first kappa shape index (κ1) is 16.6. The van der Waals surface area contributed by atoms with E-state index in [1.807, 2.05) is 12.1 Å². The van der Waals surface area contributed by atoms with Gasteiger partial charge in [-0.1, -0.05) is 11.6 Å². The van der Waals surface area contributed by atoms with E-state index in [4.69, 9.17) is 11.6 Å². The summed E-state index contributed by atoms with van der Waals surface area (Å²) in [5, 5.41) is 4.66. The zero-order valence-electron chi connectivity index (χ0n) is 13.4. The van der Waals surface area contributed by atoms with Gasteiger partial charge in [-0.05, 0) is 30.3 Å². The number of fused-ring (bicyclic) bond motifs is 2. The summed E-state index contributed by atoms with van der Waals surface area (Å²) in [7, 11) is 1.77. The molecule has 2 aromatic heterocycles.